The summed E-state index contributed by atoms with van der Waals surface area (Å²) in [5.41, 5.74) is 0. The van der Waals surface area contributed by atoms with Gasteiger partial charge >= 0.3 is 0 Å². The zero-order chi connectivity index (χ0) is 14.9. The molecule has 1 N–H and O–H groups in total. The van der Waals surface area contributed by atoms with E-state index < -0.39 is 10.0 Å². The van der Waals surface area contributed by atoms with Crippen LogP contribution in [0.5, 0.6) is 0 Å². The molecular formula is C11H14BrN3O3S2. The van der Waals surface area contributed by atoms with Gasteiger partial charge < -0.3 is 9.67 Å². The molecule has 0 atom stereocenters. The van der Waals surface area contributed by atoms with Gasteiger partial charge in [0.1, 0.15) is 10.7 Å². The number of imidazole rings is 1. The Morgan fingerprint density at radius 1 is 1.55 bits per heavy atom. The minimum Gasteiger partial charge on any atom is -0.391 e. The molecule has 110 valence electrons. The molecule has 0 radical (unpaired) electrons. The van der Waals surface area contributed by atoms with Crippen molar-refractivity contribution in [2.75, 3.05) is 7.05 Å². The second kappa shape index (κ2) is 5.94. The molecule has 0 bridgehead atoms. The van der Waals surface area contributed by atoms with Gasteiger partial charge in [0.05, 0.1) is 16.9 Å². The number of rotatable bonds is 5. The SMILES string of the molecule is CN(Cc1nccn1C)S(=O)(=O)c1cc(CO)sc1Br. The van der Waals surface area contributed by atoms with Gasteiger partial charge in [-0.1, -0.05) is 0 Å². The largest absolute Gasteiger partial charge is 0.391 e. The summed E-state index contributed by atoms with van der Waals surface area (Å²) in [6.45, 7) is 0.00441. The van der Waals surface area contributed by atoms with E-state index in [2.05, 4.69) is 20.9 Å². The minimum atomic E-state index is -3.62. The maximum Gasteiger partial charge on any atom is 0.245 e. The maximum absolute atomic E-state index is 12.5. The maximum atomic E-state index is 12.5. The molecular weight excluding hydrogens is 366 g/mol. The molecule has 0 amide bonds. The van der Waals surface area contributed by atoms with Gasteiger partial charge in [-0.15, -0.1) is 11.3 Å². The summed E-state index contributed by atoms with van der Waals surface area (Å²) in [6.07, 6.45) is 3.39. The number of aliphatic hydroxyl groups excluding tert-OH is 1. The van der Waals surface area contributed by atoms with E-state index in [1.807, 2.05) is 7.05 Å². The zero-order valence-corrected chi connectivity index (χ0v) is 14.2. The third-order valence-electron chi connectivity index (χ3n) is 2.84. The third kappa shape index (κ3) is 2.96. The first-order valence-corrected chi connectivity index (χ1v) is 8.73. The van der Waals surface area contributed by atoms with Gasteiger partial charge in [-0.3, -0.25) is 0 Å². The predicted molar refractivity (Wildman–Crippen MR) is 79.8 cm³/mol. The minimum absolute atomic E-state index is 0.170. The summed E-state index contributed by atoms with van der Waals surface area (Å²) < 4.78 is 28.5. The van der Waals surface area contributed by atoms with Crippen molar-refractivity contribution in [3.05, 3.63) is 32.9 Å². The van der Waals surface area contributed by atoms with Crippen LogP contribution in [0.15, 0.2) is 27.1 Å². The van der Waals surface area contributed by atoms with E-state index in [9.17, 15) is 8.42 Å². The highest BCUT2D eigenvalue weighted by Crippen LogP contribution is 2.33. The normalized spacial score (nSPS) is 12.2. The molecule has 0 aliphatic heterocycles. The number of aryl methyl sites for hydroxylation is 1. The Morgan fingerprint density at radius 3 is 2.75 bits per heavy atom. The van der Waals surface area contributed by atoms with E-state index in [1.165, 1.54) is 28.8 Å². The molecule has 0 saturated carbocycles. The van der Waals surface area contributed by atoms with Crippen molar-refractivity contribution in [2.24, 2.45) is 7.05 Å². The van der Waals surface area contributed by atoms with Crippen LogP contribution < -0.4 is 0 Å². The van der Waals surface area contributed by atoms with Crippen molar-refractivity contribution in [3.8, 4) is 0 Å². The number of aliphatic hydroxyl groups is 1. The van der Waals surface area contributed by atoms with Crippen LogP contribution in [0.3, 0.4) is 0 Å². The number of halogens is 1. The first-order valence-electron chi connectivity index (χ1n) is 5.68. The van der Waals surface area contributed by atoms with E-state index in [0.717, 1.165) is 0 Å². The average molecular weight is 380 g/mol. The Balaban J connectivity index is 2.29. The van der Waals surface area contributed by atoms with Crippen molar-refractivity contribution in [2.45, 2.75) is 18.0 Å². The molecule has 2 aromatic rings. The monoisotopic (exact) mass is 379 g/mol. The third-order valence-corrected chi connectivity index (χ3v) is 6.88. The van der Waals surface area contributed by atoms with Crippen LogP contribution in [-0.2, 0) is 30.2 Å². The van der Waals surface area contributed by atoms with Crippen molar-refractivity contribution < 1.29 is 13.5 Å². The van der Waals surface area contributed by atoms with Gasteiger partial charge in [-0.05, 0) is 22.0 Å². The molecule has 9 heteroatoms. The number of hydrogen-bond donors (Lipinski definition) is 1. The van der Waals surface area contributed by atoms with Crippen molar-refractivity contribution >= 4 is 37.3 Å². The molecule has 0 aliphatic rings. The Labute approximate surface area is 129 Å². The molecule has 2 heterocycles. The first kappa shape index (κ1) is 15.6. The molecule has 2 aromatic heterocycles. The molecule has 2 rings (SSSR count). The van der Waals surface area contributed by atoms with Crippen LogP contribution in [0.2, 0.25) is 0 Å². The number of aromatic nitrogens is 2. The van der Waals surface area contributed by atoms with E-state index >= 15 is 0 Å². The van der Waals surface area contributed by atoms with Crippen LogP contribution >= 0.6 is 27.3 Å². The second-order valence-corrected chi connectivity index (χ2v) is 8.69. The fourth-order valence-electron chi connectivity index (χ4n) is 1.65. The molecule has 20 heavy (non-hydrogen) atoms. The molecule has 0 aliphatic carbocycles. The summed E-state index contributed by atoms with van der Waals surface area (Å²) in [5.74, 6) is 0.657. The number of nitrogens with zero attached hydrogens (tertiary/aromatic N) is 3. The quantitative estimate of drug-likeness (QED) is 0.854. The van der Waals surface area contributed by atoms with Crippen molar-refractivity contribution in [3.63, 3.8) is 0 Å². The van der Waals surface area contributed by atoms with Gasteiger partial charge in [0.15, 0.2) is 0 Å². The van der Waals surface area contributed by atoms with E-state index in [1.54, 1.807) is 17.0 Å². The standard InChI is InChI=1S/C11H14BrN3O3S2/c1-14-4-3-13-10(14)6-15(2)20(17,18)9-5-8(7-16)19-11(9)12/h3-5,16H,6-7H2,1-2H3. The number of sulfonamides is 1. The first-order chi connectivity index (χ1) is 9.36. The van der Waals surface area contributed by atoms with Crippen LogP contribution in [0.4, 0.5) is 0 Å². The topological polar surface area (TPSA) is 75.4 Å². The molecule has 0 saturated heterocycles. The molecule has 0 spiro atoms. The number of hydrogen-bond acceptors (Lipinski definition) is 5. The summed E-state index contributed by atoms with van der Waals surface area (Å²) in [6, 6.07) is 1.49. The lowest BCUT2D eigenvalue weighted by Crippen LogP contribution is -2.27. The molecule has 0 unspecified atom stereocenters. The lowest BCUT2D eigenvalue weighted by atomic mass is 10.5. The van der Waals surface area contributed by atoms with Crippen molar-refractivity contribution in [1.82, 2.24) is 13.9 Å². The molecule has 0 aromatic carbocycles. The molecule has 0 fully saturated rings. The highest BCUT2D eigenvalue weighted by molar-refractivity contribution is 9.11. The van der Waals surface area contributed by atoms with E-state index in [0.29, 0.717) is 14.5 Å². The fourth-order valence-corrected chi connectivity index (χ4v) is 5.27. The Hall–Kier alpha value is -0.740. The van der Waals surface area contributed by atoms with Gasteiger partial charge in [-0.2, -0.15) is 4.31 Å². The van der Waals surface area contributed by atoms with Gasteiger partial charge in [-0.25, -0.2) is 13.4 Å². The zero-order valence-electron chi connectivity index (χ0n) is 10.9. The van der Waals surface area contributed by atoms with Crippen LogP contribution in [0.25, 0.3) is 0 Å². The highest BCUT2D eigenvalue weighted by Gasteiger charge is 2.26. The summed E-state index contributed by atoms with van der Waals surface area (Å²) in [7, 11) is -0.300. The average Bonchev–Trinajstić information content (AvgIpc) is 2.96. The van der Waals surface area contributed by atoms with E-state index in [4.69, 9.17) is 5.11 Å². The van der Waals surface area contributed by atoms with Crippen LogP contribution in [0.1, 0.15) is 10.7 Å². The highest BCUT2D eigenvalue weighted by atomic mass is 79.9. The van der Waals surface area contributed by atoms with Crippen LogP contribution in [0, 0.1) is 0 Å². The fraction of sp³-hybridized carbons (Fsp3) is 0.364. The summed E-state index contributed by atoms with van der Waals surface area (Å²) >= 11 is 4.44. The lowest BCUT2D eigenvalue weighted by molar-refractivity contribution is 0.285. The van der Waals surface area contributed by atoms with Crippen LogP contribution in [-0.4, -0.2) is 34.4 Å². The number of thiophene rings is 1. The van der Waals surface area contributed by atoms with Gasteiger partial charge in [0.25, 0.3) is 0 Å². The van der Waals surface area contributed by atoms with Gasteiger partial charge in [0, 0.05) is 31.4 Å². The smallest absolute Gasteiger partial charge is 0.245 e. The van der Waals surface area contributed by atoms with E-state index in [-0.39, 0.29) is 18.0 Å². The summed E-state index contributed by atoms with van der Waals surface area (Å²) in [5, 5.41) is 9.09. The Morgan fingerprint density at radius 2 is 2.25 bits per heavy atom. The Bertz CT molecular complexity index is 708. The molecule has 6 nitrogen and oxygen atoms in total. The second-order valence-electron chi connectivity index (χ2n) is 4.22. The summed E-state index contributed by atoms with van der Waals surface area (Å²) in [4.78, 5) is 4.88. The van der Waals surface area contributed by atoms with Crippen molar-refractivity contribution in [1.29, 1.82) is 0 Å². The lowest BCUT2D eigenvalue weighted by Gasteiger charge is -2.16. The predicted octanol–water partition coefficient (Wildman–Crippen LogP) is 1.56. The Kier molecular flexibility index (Phi) is 4.65. The van der Waals surface area contributed by atoms with Gasteiger partial charge in [0.2, 0.25) is 10.0 Å².